The third-order valence-electron chi connectivity index (χ3n) is 3.31. The number of ether oxygens (including phenoxy) is 1. The zero-order valence-electron chi connectivity index (χ0n) is 10.9. The van der Waals surface area contributed by atoms with Gasteiger partial charge in [-0.15, -0.1) is 0 Å². The lowest BCUT2D eigenvalue weighted by molar-refractivity contribution is 0.413. The number of nitrogens with one attached hydrogen (secondary N) is 2. The molecule has 0 radical (unpaired) electrons. The average Bonchev–Trinajstić information content (AvgIpc) is 2.67. The summed E-state index contributed by atoms with van der Waals surface area (Å²) in [5.74, 6) is 0.925. The molecule has 94 valence electrons. The van der Waals surface area contributed by atoms with Gasteiger partial charge in [-0.25, -0.2) is 0 Å². The van der Waals surface area contributed by atoms with Crippen molar-refractivity contribution in [2.45, 2.75) is 38.4 Å². The molecule has 1 heterocycles. The summed E-state index contributed by atoms with van der Waals surface area (Å²) in [5.41, 5.74) is 1.54. The van der Waals surface area contributed by atoms with E-state index in [2.05, 4.69) is 36.6 Å². The van der Waals surface area contributed by atoms with Crippen LogP contribution in [0.1, 0.15) is 25.8 Å². The van der Waals surface area contributed by atoms with Crippen LogP contribution in [-0.2, 0) is 6.54 Å². The highest BCUT2D eigenvalue weighted by Gasteiger charge is 2.29. The van der Waals surface area contributed by atoms with Crippen LogP contribution in [0.2, 0.25) is 0 Å². The van der Waals surface area contributed by atoms with Crippen LogP contribution in [0.15, 0.2) is 24.3 Å². The molecule has 0 amide bonds. The van der Waals surface area contributed by atoms with Crippen molar-refractivity contribution in [2.75, 3.05) is 13.7 Å². The average molecular weight is 234 g/mol. The fourth-order valence-electron chi connectivity index (χ4n) is 2.35. The second kappa shape index (κ2) is 5.07. The Balaban J connectivity index is 1.86. The maximum atomic E-state index is 5.22. The first-order valence-corrected chi connectivity index (χ1v) is 6.20. The van der Waals surface area contributed by atoms with Crippen molar-refractivity contribution in [1.82, 2.24) is 10.6 Å². The fraction of sp³-hybridized carbons (Fsp3) is 0.571. The van der Waals surface area contributed by atoms with Crippen molar-refractivity contribution >= 4 is 0 Å². The molecule has 3 heteroatoms. The van der Waals surface area contributed by atoms with E-state index in [1.807, 2.05) is 12.1 Å². The SMILES string of the molecule is COc1cccc(CNC2CNC(C)(C)C2)c1. The second-order valence-corrected chi connectivity index (χ2v) is 5.40. The van der Waals surface area contributed by atoms with Gasteiger partial charge in [0.05, 0.1) is 7.11 Å². The van der Waals surface area contributed by atoms with Gasteiger partial charge in [-0.05, 0) is 38.0 Å². The van der Waals surface area contributed by atoms with Gasteiger partial charge in [-0.2, -0.15) is 0 Å². The molecule has 0 spiro atoms. The highest BCUT2D eigenvalue weighted by molar-refractivity contribution is 5.28. The maximum absolute atomic E-state index is 5.22. The Bertz CT molecular complexity index is 376. The molecule has 0 bridgehead atoms. The molecule has 17 heavy (non-hydrogen) atoms. The van der Waals surface area contributed by atoms with Gasteiger partial charge in [0.15, 0.2) is 0 Å². The monoisotopic (exact) mass is 234 g/mol. The van der Waals surface area contributed by atoms with E-state index in [-0.39, 0.29) is 5.54 Å². The van der Waals surface area contributed by atoms with Crippen LogP contribution >= 0.6 is 0 Å². The van der Waals surface area contributed by atoms with Crippen LogP contribution in [0.3, 0.4) is 0 Å². The summed E-state index contributed by atoms with van der Waals surface area (Å²) in [7, 11) is 1.70. The van der Waals surface area contributed by atoms with Gasteiger partial charge >= 0.3 is 0 Å². The Morgan fingerprint density at radius 2 is 2.29 bits per heavy atom. The first kappa shape index (κ1) is 12.4. The second-order valence-electron chi connectivity index (χ2n) is 5.40. The van der Waals surface area contributed by atoms with E-state index in [9.17, 15) is 0 Å². The third kappa shape index (κ3) is 3.45. The van der Waals surface area contributed by atoms with E-state index in [1.54, 1.807) is 7.11 Å². The van der Waals surface area contributed by atoms with Gasteiger partial charge in [-0.3, -0.25) is 0 Å². The van der Waals surface area contributed by atoms with Gasteiger partial charge in [0.25, 0.3) is 0 Å². The summed E-state index contributed by atoms with van der Waals surface area (Å²) in [5, 5.41) is 7.10. The lowest BCUT2D eigenvalue weighted by Gasteiger charge is -2.17. The quantitative estimate of drug-likeness (QED) is 0.835. The van der Waals surface area contributed by atoms with Crippen molar-refractivity contribution in [3.63, 3.8) is 0 Å². The molecule has 1 fully saturated rings. The largest absolute Gasteiger partial charge is 0.497 e. The Morgan fingerprint density at radius 3 is 2.94 bits per heavy atom. The molecule has 1 aromatic rings. The van der Waals surface area contributed by atoms with Crippen molar-refractivity contribution < 1.29 is 4.74 Å². The Hall–Kier alpha value is -1.06. The number of methoxy groups -OCH3 is 1. The molecule has 0 saturated carbocycles. The van der Waals surface area contributed by atoms with E-state index >= 15 is 0 Å². The van der Waals surface area contributed by atoms with E-state index in [4.69, 9.17) is 4.74 Å². The van der Waals surface area contributed by atoms with Crippen molar-refractivity contribution in [2.24, 2.45) is 0 Å². The number of hydrogen-bond donors (Lipinski definition) is 2. The van der Waals surface area contributed by atoms with Crippen LogP contribution in [0.5, 0.6) is 5.75 Å². The summed E-state index contributed by atoms with van der Waals surface area (Å²) in [6.45, 7) is 6.46. The van der Waals surface area contributed by atoms with Crippen LogP contribution in [0.4, 0.5) is 0 Å². The van der Waals surface area contributed by atoms with Gasteiger partial charge in [-0.1, -0.05) is 12.1 Å². The third-order valence-corrected chi connectivity index (χ3v) is 3.31. The first-order chi connectivity index (χ1) is 8.09. The Morgan fingerprint density at radius 1 is 1.47 bits per heavy atom. The first-order valence-electron chi connectivity index (χ1n) is 6.20. The van der Waals surface area contributed by atoms with Gasteiger partial charge < -0.3 is 15.4 Å². The normalized spacial score (nSPS) is 22.6. The molecular weight excluding hydrogens is 212 g/mol. The van der Waals surface area contributed by atoms with Crippen LogP contribution < -0.4 is 15.4 Å². The predicted octanol–water partition coefficient (Wildman–Crippen LogP) is 1.93. The zero-order chi connectivity index (χ0) is 12.3. The molecule has 2 rings (SSSR count). The maximum Gasteiger partial charge on any atom is 0.119 e. The zero-order valence-corrected chi connectivity index (χ0v) is 10.9. The molecule has 1 aromatic carbocycles. The van der Waals surface area contributed by atoms with E-state index in [0.29, 0.717) is 6.04 Å². The molecule has 0 aromatic heterocycles. The Kier molecular flexibility index (Phi) is 3.69. The van der Waals surface area contributed by atoms with Crippen LogP contribution in [-0.4, -0.2) is 25.2 Å². The minimum atomic E-state index is 0.270. The molecule has 3 nitrogen and oxygen atoms in total. The standard InChI is InChI=1S/C14H22N2O/c1-14(2)8-12(10-16-14)15-9-11-5-4-6-13(7-11)17-3/h4-7,12,15-16H,8-10H2,1-3H3. The van der Waals surface area contributed by atoms with Gasteiger partial charge in [0.1, 0.15) is 5.75 Å². The summed E-state index contributed by atoms with van der Waals surface area (Å²) in [4.78, 5) is 0. The van der Waals surface area contributed by atoms with Crippen LogP contribution in [0, 0.1) is 0 Å². The minimum absolute atomic E-state index is 0.270. The lowest BCUT2D eigenvalue weighted by Crippen LogP contribution is -2.31. The van der Waals surface area contributed by atoms with E-state index < -0.39 is 0 Å². The number of benzene rings is 1. The Labute approximate surface area is 104 Å². The number of rotatable bonds is 4. The summed E-state index contributed by atoms with van der Waals surface area (Å²) in [6, 6.07) is 8.79. The molecule has 1 aliphatic heterocycles. The van der Waals surface area contributed by atoms with E-state index in [0.717, 1.165) is 18.8 Å². The highest BCUT2D eigenvalue weighted by Crippen LogP contribution is 2.18. The van der Waals surface area contributed by atoms with Crippen molar-refractivity contribution in [3.05, 3.63) is 29.8 Å². The molecule has 1 unspecified atom stereocenters. The summed E-state index contributed by atoms with van der Waals surface area (Å²) in [6.07, 6.45) is 1.18. The molecule has 0 aliphatic carbocycles. The summed E-state index contributed by atoms with van der Waals surface area (Å²) >= 11 is 0. The van der Waals surface area contributed by atoms with Gasteiger partial charge in [0.2, 0.25) is 0 Å². The van der Waals surface area contributed by atoms with Crippen molar-refractivity contribution in [3.8, 4) is 5.75 Å². The highest BCUT2D eigenvalue weighted by atomic mass is 16.5. The lowest BCUT2D eigenvalue weighted by atomic mass is 10.0. The molecule has 1 saturated heterocycles. The summed E-state index contributed by atoms with van der Waals surface area (Å²) < 4.78 is 5.22. The minimum Gasteiger partial charge on any atom is -0.497 e. The van der Waals surface area contributed by atoms with Gasteiger partial charge in [0, 0.05) is 24.7 Å². The van der Waals surface area contributed by atoms with Crippen LogP contribution in [0.25, 0.3) is 0 Å². The number of hydrogen-bond acceptors (Lipinski definition) is 3. The molecule has 2 N–H and O–H groups in total. The molecule has 1 atom stereocenters. The smallest absolute Gasteiger partial charge is 0.119 e. The van der Waals surface area contributed by atoms with E-state index in [1.165, 1.54) is 12.0 Å². The molecule has 1 aliphatic rings. The fourth-order valence-corrected chi connectivity index (χ4v) is 2.35. The topological polar surface area (TPSA) is 33.3 Å². The van der Waals surface area contributed by atoms with Crippen molar-refractivity contribution in [1.29, 1.82) is 0 Å². The molecular formula is C14H22N2O. The predicted molar refractivity (Wildman–Crippen MR) is 70.3 cm³/mol.